The van der Waals surface area contributed by atoms with Crippen molar-refractivity contribution in [2.75, 3.05) is 5.32 Å². The van der Waals surface area contributed by atoms with Gasteiger partial charge in [-0.05, 0) is 24.3 Å². The summed E-state index contributed by atoms with van der Waals surface area (Å²) in [6.07, 6.45) is 0. The highest BCUT2D eigenvalue weighted by Gasteiger charge is 2.02. The summed E-state index contributed by atoms with van der Waals surface area (Å²) in [7, 11) is 0. The number of hydrogen-bond acceptors (Lipinski definition) is 2. The molecule has 0 saturated heterocycles. The Morgan fingerprint density at radius 3 is 2.16 bits per heavy atom. The number of guanidine groups is 1. The number of anilines is 1. The van der Waals surface area contributed by atoms with Crippen LogP contribution in [0.3, 0.4) is 0 Å². The molecule has 19 heavy (non-hydrogen) atoms. The molecule has 2 amide bonds. The highest BCUT2D eigenvalue weighted by molar-refractivity contribution is 6.02. The molecule has 0 aliphatic rings. The molecule has 2 aromatic rings. The lowest BCUT2D eigenvalue weighted by Gasteiger charge is -2.06. The van der Waals surface area contributed by atoms with Crippen LogP contribution in [0.5, 0.6) is 0 Å². The van der Waals surface area contributed by atoms with Crippen LogP contribution < -0.4 is 16.4 Å². The molecule has 5 nitrogen and oxygen atoms in total. The summed E-state index contributed by atoms with van der Waals surface area (Å²) in [4.78, 5) is 15.7. The lowest BCUT2D eigenvalue weighted by molar-refractivity contribution is 0.256. The zero-order valence-corrected chi connectivity index (χ0v) is 10.2. The third-order valence-corrected chi connectivity index (χ3v) is 2.28. The summed E-state index contributed by atoms with van der Waals surface area (Å²) in [5.74, 6) is 0.0413. The second kappa shape index (κ2) is 6.20. The first kappa shape index (κ1) is 12.6. The first-order valence-electron chi connectivity index (χ1n) is 5.76. The van der Waals surface area contributed by atoms with Crippen molar-refractivity contribution in [3.63, 3.8) is 0 Å². The van der Waals surface area contributed by atoms with Gasteiger partial charge in [-0.3, -0.25) is 5.32 Å². The van der Waals surface area contributed by atoms with Crippen molar-refractivity contribution in [1.29, 1.82) is 0 Å². The minimum absolute atomic E-state index is 0.0413. The number of rotatable bonds is 2. The number of benzene rings is 2. The van der Waals surface area contributed by atoms with Crippen LogP contribution in [0.25, 0.3) is 0 Å². The van der Waals surface area contributed by atoms with Crippen molar-refractivity contribution in [1.82, 2.24) is 5.32 Å². The number of nitrogens with one attached hydrogen (secondary N) is 2. The Balaban J connectivity index is 1.94. The SMILES string of the molecule is NC(=Nc1ccccc1)NC(=O)Nc1ccccc1. The second-order valence-corrected chi connectivity index (χ2v) is 3.78. The lowest BCUT2D eigenvalue weighted by atomic mass is 10.3. The summed E-state index contributed by atoms with van der Waals surface area (Å²) < 4.78 is 0. The predicted molar refractivity (Wildman–Crippen MR) is 76.3 cm³/mol. The summed E-state index contributed by atoms with van der Waals surface area (Å²) in [6, 6.07) is 17.8. The number of amides is 2. The number of nitrogens with two attached hydrogens (primary N) is 1. The minimum Gasteiger partial charge on any atom is -0.369 e. The summed E-state index contributed by atoms with van der Waals surface area (Å²) >= 11 is 0. The van der Waals surface area contributed by atoms with Gasteiger partial charge in [-0.15, -0.1) is 0 Å². The molecule has 0 saturated carbocycles. The van der Waals surface area contributed by atoms with Gasteiger partial charge in [0.05, 0.1) is 5.69 Å². The van der Waals surface area contributed by atoms with Crippen molar-refractivity contribution in [2.24, 2.45) is 10.7 Å². The molecule has 96 valence electrons. The molecule has 0 atom stereocenters. The van der Waals surface area contributed by atoms with Crippen LogP contribution >= 0.6 is 0 Å². The van der Waals surface area contributed by atoms with E-state index in [9.17, 15) is 4.79 Å². The van der Waals surface area contributed by atoms with E-state index in [-0.39, 0.29) is 5.96 Å². The number of nitrogens with zero attached hydrogens (tertiary/aromatic N) is 1. The van der Waals surface area contributed by atoms with Crippen LogP contribution in [0.4, 0.5) is 16.2 Å². The maximum Gasteiger partial charge on any atom is 0.325 e. The van der Waals surface area contributed by atoms with Crippen LogP contribution in [0, 0.1) is 0 Å². The van der Waals surface area contributed by atoms with Crippen LogP contribution in [0.1, 0.15) is 0 Å². The smallest absolute Gasteiger partial charge is 0.325 e. The quantitative estimate of drug-likeness (QED) is 0.568. The summed E-state index contributed by atoms with van der Waals surface area (Å²) in [5.41, 5.74) is 7.01. The van der Waals surface area contributed by atoms with Gasteiger partial charge in [0.1, 0.15) is 0 Å². The minimum atomic E-state index is -0.427. The molecule has 0 fully saturated rings. The largest absolute Gasteiger partial charge is 0.369 e. The van der Waals surface area contributed by atoms with Crippen molar-refractivity contribution in [3.05, 3.63) is 60.7 Å². The Labute approximate surface area is 111 Å². The van der Waals surface area contributed by atoms with E-state index in [0.717, 1.165) is 0 Å². The number of carbonyl (C=O) groups excluding carboxylic acids is 1. The first-order chi connectivity index (χ1) is 9.24. The van der Waals surface area contributed by atoms with Gasteiger partial charge in [-0.25, -0.2) is 9.79 Å². The van der Waals surface area contributed by atoms with Gasteiger partial charge in [0.25, 0.3) is 0 Å². The fraction of sp³-hybridized carbons (Fsp3) is 0. The number of aliphatic imine (C=N–C) groups is 1. The van der Waals surface area contributed by atoms with E-state index in [0.29, 0.717) is 11.4 Å². The van der Waals surface area contributed by atoms with Gasteiger partial charge in [-0.2, -0.15) is 0 Å². The Morgan fingerprint density at radius 2 is 1.53 bits per heavy atom. The molecule has 0 aliphatic carbocycles. The second-order valence-electron chi connectivity index (χ2n) is 3.78. The van der Waals surface area contributed by atoms with Gasteiger partial charge in [0.2, 0.25) is 5.96 Å². The van der Waals surface area contributed by atoms with Crippen LogP contribution in [0.2, 0.25) is 0 Å². The molecule has 0 radical (unpaired) electrons. The molecule has 5 heteroatoms. The van der Waals surface area contributed by atoms with Crippen LogP contribution in [-0.4, -0.2) is 12.0 Å². The van der Waals surface area contributed by atoms with Gasteiger partial charge < -0.3 is 11.1 Å². The van der Waals surface area contributed by atoms with Gasteiger partial charge in [0.15, 0.2) is 0 Å². The molecule has 0 heterocycles. The number of hydrogen-bond donors (Lipinski definition) is 3. The first-order valence-corrected chi connectivity index (χ1v) is 5.76. The van der Waals surface area contributed by atoms with E-state index in [1.165, 1.54) is 0 Å². The van der Waals surface area contributed by atoms with E-state index < -0.39 is 6.03 Å². The monoisotopic (exact) mass is 254 g/mol. The maximum atomic E-state index is 11.6. The molecule has 4 N–H and O–H groups in total. The summed E-state index contributed by atoms with van der Waals surface area (Å²) in [6.45, 7) is 0. The lowest BCUT2D eigenvalue weighted by Crippen LogP contribution is -2.39. The van der Waals surface area contributed by atoms with Crippen molar-refractivity contribution >= 4 is 23.4 Å². The Kier molecular flexibility index (Phi) is 4.12. The molecule has 0 spiro atoms. The fourth-order valence-corrected chi connectivity index (χ4v) is 1.47. The molecule has 0 bridgehead atoms. The van der Waals surface area contributed by atoms with Gasteiger partial charge in [0, 0.05) is 5.69 Å². The number of urea groups is 1. The standard InChI is InChI=1S/C14H14N4O/c15-13(16-11-7-3-1-4-8-11)18-14(19)17-12-9-5-2-6-10-12/h1-10H,(H4,15,16,17,18,19). The van der Waals surface area contributed by atoms with Crippen LogP contribution in [0.15, 0.2) is 65.7 Å². The van der Waals surface area contributed by atoms with Crippen molar-refractivity contribution in [2.45, 2.75) is 0 Å². The molecule has 0 aliphatic heterocycles. The van der Waals surface area contributed by atoms with E-state index in [1.807, 2.05) is 36.4 Å². The van der Waals surface area contributed by atoms with E-state index in [2.05, 4.69) is 15.6 Å². The van der Waals surface area contributed by atoms with Gasteiger partial charge >= 0.3 is 6.03 Å². The molecular formula is C14H14N4O. The molecule has 2 rings (SSSR count). The molecular weight excluding hydrogens is 240 g/mol. The molecule has 2 aromatic carbocycles. The highest BCUT2D eigenvalue weighted by Crippen LogP contribution is 2.08. The average molecular weight is 254 g/mol. The third kappa shape index (κ3) is 4.16. The van der Waals surface area contributed by atoms with E-state index >= 15 is 0 Å². The Bertz CT molecular complexity index is 567. The fourth-order valence-electron chi connectivity index (χ4n) is 1.47. The normalized spacial score (nSPS) is 10.8. The molecule has 0 aromatic heterocycles. The highest BCUT2D eigenvalue weighted by atomic mass is 16.2. The van der Waals surface area contributed by atoms with Crippen LogP contribution in [-0.2, 0) is 0 Å². The molecule has 0 unspecified atom stereocenters. The van der Waals surface area contributed by atoms with E-state index in [1.54, 1.807) is 24.3 Å². The number of carbonyl (C=O) groups is 1. The average Bonchev–Trinajstić information content (AvgIpc) is 2.40. The summed E-state index contributed by atoms with van der Waals surface area (Å²) in [5, 5.41) is 5.10. The van der Waals surface area contributed by atoms with Crippen molar-refractivity contribution in [3.8, 4) is 0 Å². The van der Waals surface area contributed by atoms with E-state index in [4.69, 9.17) is 5.73 Å². The zero-order valence-electron chi connectivity index (χ0n) is 10.2. The maximum absolute atomic E-state index is 11.6. The third-order valence-electron chi connectivity index (χ3n) is 2.28. The predicted octanol–water partition coefficient (Wildman–Crippen LogP) is 2.45. The Hall–Kier alpha value is -2.82. The van der Waals surface area contributed by atoms with Crippen molar-refractivity contribution < 1.29 is 4.79 Å². The zero-order chi connectivity index (χ0) is 13.5. The Morgan fingerprint density at radius 1 is 0.947 bits per heavy atom. The topological polar surface area (TPSA) is 79.5 Å². The number of para-hydroxylation sites is 2. The van der Waals surface area contributed by atoms with Gasteiger partial charge in [-0.1, -0.05) is 36.4 Å².